The number of hydrogen-bond acceptors (Lipinski definition) is 3. The van der Waals surface area contributed by atoms with Gasteiger partial charge in [-0.25, -0.2) is 0 Å². The highest BCUT2D eigenvalue weighted by atomic mass is 16.5. The van der Waals surface area contributed by atoms with Gasteiger partial charge in [0.15, 0.2) is 6.61 Å². The van der Waals surface area contributed by atoms with Gasteiger partial charge < -0.3 is 15.0 Å². The Kier molecular flexibility index (Phi) is 6.99. The van der Waals surface area contributed by atoms with Crippen LogP contribution in [0.15, 0.2) is 42.5 Å². The summed E-state index contributed by atoms with van der Waals surface area (Å²) < 4.78 is 5.68. The molecule has 0 radical (unpaired) electrons. The van der Waals surface area contributed by atoms with E-state index < -0.39 is 6.04 Å². The summed E-state index contributed by atoms with van der Waals surface area (Å²) in [5.74, 6) is 0.209. The molecule has 1 N–H and O–H groups in total. The van der Waals surface area contributed by atoms with Crippen LogP contribution in [0.5, 0.6) is 5.75 Å². The van der Waals surface area contributed by atoms with Crippen molar-refractivity contribution in [1.82, 2.24) is 10.2 Å². The third-order valence-corrected chi connectivity index (χ3v) is 4.73. The fourth-order valence-electron chi connectivity index (χ4n) is 2.71. The number of carbonyl (C=O) groups excluding carboxylic acids is 2. The van der Waals surface area contributed by atoms with Crippen LogP contribution in [-0.2, 0) is 16.1 Å². The van der Waals surface area contributed by atoms with E-state index >= 15 is 0 Å². The first-order valence-corrected chi connectivity index (χ1v) is 9.08. The van der Waals surface area contributed by atoms with E-state index in [4.69, 9.17) is 4.74 Å². The molecule has 0 aliphatic carbocycles. The second-order valence-corrected chi connectivity index (χ2v) is 6.83. The first kappa shape index (κ1) is 20.5. The van der Waals surface area contributed by atoms with Gasteiger partial charge in [0.25, 0.3) is 5.91 Å². The van der Waals surface area contributed by atoms with Gasteiger partial charge in [0.1, 0.15) is 11.8 Å². The van der Waals surface area contributed by atoms with E-state index in [2.05, 4.69) is 5.32 Å². The fourth-order valence-corrected chi connectivity index (χ4v) is 2.71. The van der Waals surface area contributed by atoms with Gasteiger partial charge in [0.2, 0.25) is 5.91 Å². The molecule has 0 spiro atoms. The Morgan fingerprint density at radius 2 is 1.70 bits per heavy atom. The summed E-state index contributed by atoms with van der Waals surface area (Å²) in [6.45, 7) is 8.00. The normalized spacial score (nSPS) is 11.6. The van der Waals surface area contributed by atoms with Gasteiger partial charge in [0.05, 0.1) is 0 Å². The Hall–Kier alpha value is -2.82. The monoisotopic (exact) mass is 368 g/mol. The van der Waals surface area contributed by atoms with Crippen molar-refractivity contribution in [3.63, 3.8) is 0 Å². The number of nitrogens with one attached hydrogen (secondary N) is 1. The minimum absolute atomic E-state index is 0.115. The highest BCUT2D eigenvalue weighted by molar-refractivity contribution is 5.87. The summed E-state index contributed by atoms with van der Waals surface area (Å²) in [6, 6.07) is 13.1. The highest BCUT2D eigenvalue weighted by Crippen LogP contribution is 2.17. The van der Waals surface area contributed by atoms with Crippen LogP contribution in [0.4, 0.5) is 0 Å². The molecule has 2 rings (SSSR count). The molecule has 0 heterocycles. The molecule has 0 aliphatic heterocycles. The lowest BCUT2D eigenvalue weighted by Crippen LogP contribution is -2.48. The van der Waals surface area contributed by atoms with Crippen LogP contribution in [0, 0.1) is 20.8 Å². The van der Waals surface area contributed by atoms with E-state index in [9.17, 15) is 9.59 Å². The number of ether oxygens (including phenoxy) is 1. The number of amides is 2. The first-order chi connectivity index (χ1) is 12.8. The van der Waals surface area contributed by atoms with Crippen molar-refractivity contribution in [3.8, 4) is 5.75 Å². The topological polar surface area (TPSA) is 58.6 Å². The maximum Gasteiger partial charge on any atom is 0.261 e. The van der Waals surface area contributed by atoms with Gasteiger partial charge in [0, 0.05) is 13.6 Å². The molecule has 0 saturated heterocycles. The van der Waals surface area contributed by atoms with Crippen LogP contribution >= 0.6 is 0 Å². The molecule has 2 amide bonds. The second kappa shape index (κ2) is 9.21. The Bertz CT molecular complexity index is 800. The van der Waals surface area contributed by atoms with Gasteiger partial charge in [-0.3, -0.25) is 9.59 Å². The summed E-state index contributed by atoms with van der Waals surface area (Å²) in [5, 5.41) is 2.61. The lowest BCUT2D eigenvalue weighted by atomic mass is 10.1. The molecule has 144 valence electrons. The van der Waals surface area contributed by atoms with Crippen molar-refractivity contribution in [2.75, 3.05) is 13.7 Å². The van der Waals surface area contributed by atoms with Gasteiger partial charge in [-0.1, -0.05) is 35.9 Å². The largest absolute Gasteiger partial charge is 0.484 e. The number of likely N-dealkylation sites (N-methyl/N-ethyl adjacent to an activating group) is 1. The van der Waals surface area contributed by atoms with Crippen molar-refractivity contribution in [2.24, 2.45) is 0 Å². The Morgan fingerprint density at radius 1 is 1.04 bits per heavy atom. The summed E-state index contributed by atoms with van der Waals surface area (Å²) in [7, 11) is 1.57. The predicted molar refractivity (Wildman–Crippen MR) is 107 cm³/mol. The zero-order valence-corrected chi connectivity index (χ0v) is 16.7. The molecule has 0 unspecified atom stereocenters. The Balaban J connectivity index is 2.12. The van der Waals surface area contributed by atoms with E-state index in [1.165, 1.54) is 5.56 Å². The molecule has 0 bridgehead atoms. The number of aryl methyl sites for hydroxylation is 3. The molecule has 0 aromatic heterocycles. The zero-order valence-electron chi connectivity index (χ0n) is 16.7. The smallest absolute Gasteiger partial charge is 0.261 e. The Morgan fingerprint density at radius 3 is 2.30 bits per heavy atom. The fraction of sp³-hybridized carbons (Fsp3) is 0.364. The maximum atomic E-state index is 12.8. The Labute approximate surface area is 161 Å². The van der Waals surface area contributed by atoms with Gasteiger partial charge >= 0.3 is 0 Å². The molecule has 0 aliphatic rings. The molecule has 0 saturated carbocycles. The van der Waals surface area contributed by atoms with Crippen LogP contribution in [0.25, 0.3) is 0 Å². The van der Waals surface area contributed by atoms with Gasteiger partial charge in [-0.15, -0.1) is 0 Å². The highest BCUT2D eigenvalue weighted by Gasteiger charge is 2.25. The molecule has 1 atom stereocenters. The maximum absolute atomic E-state index is 12.8. The molecule has 2 aromatic rings. The van der Waals surface area contributed by atoms with Crippen LogP contribution in [-0.4, -0.2) is 36.4 Å². The van der Waals surface area contributed by atoms with Crippen molar-refractivity contribution >= 4 is 11.8 Å². The zero-order chi connectivity index (χ0) is 20.0. The van der Waals surface area contributed by atoms with E-state index in [1.807, 2.05) is 63.2 Å². The molecule has 2 aromatic carbocycles. The summed E-state index contributed by atoms with van der Waals surface area (Å²) in [4.78, 5) is 26.5. The number of nitrogens with zero attached hydrogens (tertiary/aromatic N) is 1. The first-order valence-electron chi connectivity index (χ1n) is 9.08. The quantitative estimate of drug-likeness (QED) is 0.817. The summed E-state index contributed by atoms with van der Waals surface area (Å²) in [5.41, 5.74) is 4.39. The number of hydrogen-bond donors (Lipinski definition) is 1. The van der Waals surface area contributed by atoms with Crippen LogP contribution in [0.2, 0.25) is 0 Å². The SMILES string of the molecule is CNC(=O)[C@H](C)N(Cc1ccc(C)cc1)C(=O)COc1ccc(C)c(C)c1. The number of benzene rings is 2. The van der Waals surface area contributed by atoms with Crippen molar-refractivity contribution in [1.29, 1.82) is 0 Å². The second-order valence-electron chi connectivity index (χ2n) is 6.83. The minimum Gasteiger partial charge on any atom is -0.484 e. The molecule has 5 heteroatoms. The average molecular weight is 368 g/mol. The lowest BCUT2D eigenvalue weighted by Gasteiger charge is -2.28. The molecular formula is C22H28N2O3. The van der Waals surface area contributed by atoms with Gasteiger partial charge in [-0.05, 0) is 56.5 Å². The van der Waals surface area contributed by atoms with E-state index in [0.717, 1.165) is 16.7 Å². The van der Waals surface area contributed by atoms with E-state index in [0.29, 0.717) is 12.3 Å². The van der Waals surface area contributed by atoms with Gasteiger partial charge in [-0.2, -0.15) is 0 Å². The molecule has 0 fully saturated rings. The predicted octanol–water partition coefficient (Wildman–Crippen LogP) is 3.15. The number of rotatable bonds is 7. The molecule has 27 heavy (non-hydrogen) atoms. The summed E-state index contributed by atoms with van der Waals surface area (Å²) in [6.07, 6.45) is 0. The lowest BCUT2D eigenvalue weighted by molar-refractivity contribution is -0.142. The standard InChI is InChI=1S/C22H28N2O3/c1-15-6-9-19(10-7-15)13-24(18(4)22(26)23-5)21(25)14-27-20-11-8-16(2)17(3)12-20/h6-12,18H,13-14H2,1-5H3,(H,23,26)/t18-/m0/s1. The molecule has 5 nitrogen and oxygen atoms in total. The van der Waals surface area contributed by atoms with E-state index in [-0.39, 0.29) is 18.4 Å². The van der Waals surface area contributed by atoms with Crippen LogP contribution in [0.3, 0.4) is 0 Å². The van der Waals surface area contributed by atoms with Crippen LogP contribution < -0.4 is 10.1 Å². The van der Waals surface area contributed by atoms with Crippen LogP contribution in [0.1, 0.15) is 29.2 Å². The van der Waals surface area contributed by atoms with E-state index in [1.54, 1.807) is 18.9 Å². The van der Waals surface area contributed by atoms with Crippen molar-refractivity contribution in [2.45, 2.75) is 40.3 Å². The average Bonchev–Trinajstić information content (AvgIpc) is 2.67. The third kappa shape index (κ3) is 5.58. The molecular weight excluding hydrogens is 340 g/mol. The third-order valence-electron chi connectivity index (χ3n) is 4.73. The number of carbonyl (C=O) groups is 2. The minimum atomic E-state index is -0.591. The van der Waals surface area contributed by atoms with Crippen molar-refractivity contribution < 1.29 is 14.3 Å². The summed E-state index contributed by atoms with van der Waals surface area (Å²) >= 11 is 0. The van der Waals surface area contributed by atoms with Crippen molar-refractivity contribution in [3.05, 3.63) is 64.7 Å².